The van der Waals surface area contributed by atoms with Crippen LogP contribution in [0, 0.1) is 5.82 Å². The second-order valence-electron chi connectivity index (χ2n) is 18.4. The molecule has 3 aliphatic rings. The Morgan fingerprint density at radius 3 is 2.32 bits per heavy atom. The zero-order chi connectivity index (χ0) is 58.3. The van der Waals surface area contributed by atoms with Crippen molar-refractivity contribution < 1.29 is 94.4 Å². The number of nitrogens with one attached hydrogen (secondary N) is 2. The number of aliphatic hydroxyl groups is 1. The van der Waals surface area contributed by atoms with E-state index in [1.807, 2.05) is 0 Å². The predicted molar refractivity (Wildman–Crippen MR) is 278 cm³/mol. The number of fused-ring (bicyclic) bond motifs is 1. The predicted octanol–water partition coefficient (Wildman–Crippen LogP) is 2.80. The molecule has 0 bridgehead atoms. The van der Waals surface area contributed by atoms with Gasteiger partial charge < -0.3 is 75.0 Å². The van der Waals surface area contributed by atoms with Gasteiger partial charge in [-0.2, -0.15) is 4.98 Å². The van der Waals surface area contributed by atoms with E-state index in [-0.39, 0.29) is 59.1 Å². The molecule has 0 saturated carbocycles. The number of phosphoric acid groups is 2. The number of hydrogen-bond donors (Lipinski definition) is 8. The Labute approximate surface area is 467 Å². The molecule has 0 aliphatic carbocycles. The lowest BCUT2D eigenvalue weighted by Gasteiger charge is -2.29. The molecule has 9 rings (SSSR count). The number of phosphoric ester groups is 2. The average Bonchev–Trinajstić information content (AvgIpc) is 3.69. The van der Waals surface area contributed by atoms with E-state index >= 15 is 0 Å². The number of nitrogens with two attached hydrogens (primary N) is 2. The number of alkyl carbamates (subject to hydrolysis) is 1. The highest BCUT2D eigenvalue weighted by Gasteiger charge is 2.54. The number of aromatic nitrogens is 6. The van der Waals surface area contributed by atoms with Crippen molar-refractivity contribution in [1.29, 1.82) is 0 Å². The fraction of sp³-hybridized carbons (Fsp3) is 0.375. The van der Waals surface area contributed by atoms with Gasteiger partial charge in [-0.05, 0) is 60.0 Å². The molecule has 3 unspecified atom stereocenters. The smallest absolute Gasteiger partial charge is 0.472 e. The first kappa shape index (κ1) is 59.6. The molecule has 10 N–H and O–H groups in total. The van der Waals surface area contributed by atoms with Crippen molar-refractivity contribution in [3.8, 4) is 5.75 Å². The molecule has 0 spiro atoms. The number of para-hydroxylation sites is 1. The van der Waals surface area contributed by atoms with Gasteiger partial charge in [-0.15, -0.1) is 0 Å². The molecule has 34 heteroatoms. The van der Waals surface area contributed by atoms with Crippen LogP contribution < -0.4 is 32.5 Å². The molecule has 82 heavy (non-hydrogen) atoms. The van der Waals surface area contributed by atoms with Crippen molar-refractivity contribution in [2.24, 2.45) is 0 Å². The number of carbonyl (C=O) groups excluding carboxylic acids is 3. The molecule has 3 fully saturated rings. The number of amides is 2. The number of nitrogen functional groups attached to an aromatic ring is 2. The van der Waals surface area contributed by atoms with E-state index in [2.05, 4.69) is 30.6 Å². The van der Waals surface area contributed by atoms with E-state index in [4.69, 9.17) is 69.8 Å². The number of hydrogen-bond acceptors (Lipinski definition) is 23. The molecular formula is C48H52ClFN10O20P2. The van der Waals surface area contributed by atoms with E-state index < -0.39 is 120 Å². The van der Waals surface area contributed by atoms with Crippen molar-refractivity contribution in [3.63, 3.8) is 0 Å². The van der Waals surface area contributed by atoms with E-state index in [0.717, 1.165) is 10.9 Å². The van der Waals surface area contributed by atoms with Gasteiger partial charge in [-0.3, -0.25) is 27.5 Å². The summed E-state index contributed by atoms with van der Waals surface area (Å²) in [6.45, 7) is -2.81. The summed E-state index contributed by atoms with van der Waals surface area (Å²) in [6.07, 6.45) is -11.6. The number of carbonyl (C=O) groups is 3. The highest BCUT2D eigenvalue weighted by Crippen LogP contribution is 2.51. The molecule has 30 nitrogen and oxygen atoms in total. The van der Waals surface area contributed by atoms with Crippen LogP contribution in [0.5, 0.6) is 5.75 Å². The molecule has 438 valence electrons. The van der Waals surface area contributed by atoms with Gasteiger partial charge in [-0.25, -0.2) is 42.9 Å². The molecular weight excluding hydrogens is 1150 g/mol. The zero-order valence-electron chi connectivity index (χ0n) is 42.5. The van der Waals surface area contributed by atoms with Crippen molar-refractivity contribution in [1.82, 2.24) is 34.4 Å². The van der Waals surface area contributed by atoms with Crippen molar-refractivity contribution >= 4 is 73.7 Å². The molecule has 3 aromatic carbocycles. The SMILES string of the molecule is Nc1ccn([C@@H]2O[C@H](COP(=O)(O)O)[C@@H](OP(=O)(O)OCC3O[C@@H](n4cnc5c(N)ncnc54)[C@H](O)[C@@H]3OC(=O)[C@H](COc3ccccc3Cl)NC(=O)OCc3ccc(NC(=O)Cc4ccc(F)cc4)cc3)[C@H]2OC2CCCO2)c(=O)n1. The number of nitrogens with zero attached hydrogens (tertiary/aromatic N) is 6. The highest BCUT2D eigenvalue weighted by atomic mass is 35.5. The van der Waals surface area contributed by atoms with Crippen LogP contribution >= 0.6 is 27.2 Å². The second-order valence-corrected chi connectivity index (χ2v) is 21.4. The number of ether oxygens (including phenoxy) is 7. The van der Waals surface area contributed by atoms with Gasteiger partial charge in [0.15, 0.2) is 42.4 Å². The second kappa shape index (κ2) is 26.0. The van der Waals surface area contributed by atoms with Crippen LogP contribution in [-0.2, 0) is 73.7 Å². The Morgan fingerprint density at radius 2 is 1.60 bits per heavy atom. The summed E-state index contributed by atoms with van der Waals surface area (Å²) < 4.78 is 98.4. The van der Waals surface area contributed by atoms with E-state index in [1.54, 1.807) is 36.4 Å². The van der Waals surface area contributed by atoms with Gasteiger partial charge in [0.25, 0.3) is 0 Å². The number of esters is 1. The summed E-state index contributed by atoms with van der Waals surface area (Å²) in [7, 11) is -10.8. The first-order chi connectivity index (χ1) is 39.2. The lowest BCUT2D eigenvalue weighted by Crippen LogP contribution is -2.49. The van der Waals surface area contributed by atoms with E-state index in [1.165, 1.54) is 59.6 Å². The van der Waals surface area contributed by atoms with Crippen LogP contribution in [0.3, 0.4) is 0 Å². The first-order valence-corrected chi connectivity index (χ1v) is 28.1. The summed E-state index contributed by atoms with van der Waals surface area (Å²) in [4.78, 5) is 100. The topological polar surface area (TPSA) is 413 Å². The van der Waals surface area contributed by atoms with Crippen molar-refractivity contribution in [3.05, 3.63) is 130 Å². The number of benzene rings is 3. The number of imidazole rings is 1. The Bertz CT molecular complexity index is 3400. The molecule has 11 atom stereocenters. The van der Waals surface area contributed by atoms with Gasteiger partial charge in [-0.1, -0.05) is 48.0 Å². The van der Waals surface area contributed by atoms with Crippen LogP contribution in [0.2, 0.25) is 5.02 Å². The van der Waals surface area contributed by atoms with Crippen molar-refractivity contribution in [2.75, 3.05) is 43.2 Å². The van der Waals surface area contributed by atoms with Gasteiger partial charge >= 0.3 is 33.4 Å². The van der Waals surface area contributed by atoms with E-state index in [9.17, 15) is 52.5 Å². The lowest BCUT2D eigenvalue weighted by molar-refractivity contribution is -0.181. The monoisotopic (exact) mass is 1200 g/mol. The molecule has 3 saturated heterocycles. The average molecular weight is 1210 g/mol. The van der Waals surface area contributed by atoms with Gasteiger partial charge in [0.1, 0.15) is 73.0 Å². The summed E-state index contributed by atoms with van der Waals surface area (Å²) in [5.41, 5.74) is 12.3. The summed E-state index contributed by atoms with van der Waals surface area (Å²) in [6, 6.07) is 17.3. The fourth-order valence-corrected chi connectivity index (χ4v) is 10.2. The Kier molecular flexibility index (Phi) is 18.9. The van der Waals surface area contributed by atoms with Gasteiger partial charge in [0, 0.05) is 24.9 Å². The summed E-state index contributed by atoms with van der Waals surface area (Å²) in [5.74, 6) is -2.24. The largest absolute Gasteiger partial charge is 0.489 e. The quantitative estimate of drug-likeness (QED) is 0.0338. The van der Waals surface area contributed by atoms with Gasteiger partial charge in [0.05, 0.1) is 31.0 Å². The lowest BCUT2D eigenvalue weighted by atomic mass is 10.1. The molecule has 6 aromatic rings. The van der Waals surface area contributed by atoms with Crippen LogP contribution in [0.15, 0.2) is 103 Å². The third kappa shape index (κ3) is 15.1. The number of anilines is 3. The Morgan fingerprint density at radius 1 is 0.878 bits per heavy atom. The highest BCUT2D eigenvalue weighted by molar-refractivity contribution is 7.47. The summed E-state index contributed by atoms with van der Waals surface area (Å²) in [5, 5.41) is 17.2. The third-order valence-corrected chi connectivity index (χ3v) is 14.4. The van der Waals surface area contributed by atoms with Crippen LogP contribution in [-0.4, -0.2) is 142 Å². The molecule has 3 aliphatic heterocycles. The first-order valence-electron chi connectivity index (χ1n) is 24.7. The Hall–Kier alpha value is -7.06. The normalized spacial score (nSPS) is 23.7. The third-order valence-electron chi connectivity index (χ3n) is 12.6. The molecule has 3 aromatic heterocycles. The molecule has 0 radical (unpaired) electrons. The fourth-order valence-electron chi connectivity index (χ4n) is 8.73. The minimum absolute atomic E-state index is 0.0183. The molecule has 6 heterocycles. The minimum atomic E-state index is -5.53. The zero-order valence-corrected chi connectivity index (χ0v) is 45.0. The number of halogens is 2. The number of rotatable bonds is 23. The standard InChI is InChI=1S/C48H52ClFN10O20P2/c49-29-4-1-2-5-31(29)72-20-30(57-48(65)73-19-26-9-13-28(14-10-26)56-35(61)18-25-7-11-27(50)12-8-25)46(63)79-39-32(76-44(38(39)62)60-24-55-37-42(52)53-23-54-43(37)60)22-75-82(69,70)80-40-33(21-74-81(66,67)68)77-45(41(40)78-36-6-3-17-71-36)59-16-15-34(51)58-47(59)64/h1-2,4-5,7-16,23-24,30,32-33,36,38-41,44-45,62H,3,6,17-22H2,(H,56,61)(H,57,65)(H,69,70)(H2,51,58,64)(H2,52,53,54)(H2,66,67,68)/t30-,32?,33+,36?,38+,39+,40+,41+,44+,45+/m0/s1. The Balaban J connectivity index is 0.934. The maximum atomic E-state index is 14.4. The number of aliphatic hydroxyl groups excluding tert-OH is 1. The van der Waals surface area contributed by atoms with Crippen molar-refractivity contribution in [2.45, 2.75) is 87.3 Å². The maximum Gasteiger partial charge on any atom is 0.472 e. The van der Waals surface area contributed by atoms with Crippen LogP contribution in [0.4, 0.5) is 26.5 Å². The van der Waals surface area contributed by atoms with E-state index in [0.29, 0.717) is 29.7 Å². The van der Waals surface area contributed by atoms with Crippen LogP contribution in [0.25, 0.3) is 11.2 Å². The van der Waals surface area contributed by atoms with Gasteiger partial charge in [0.2, 0.25) is 5.91 Å². The summed E-state index contributed by atoms with van der Waals surface area (Å²) >= 11 is 6.33. The maximum absolute atomic E-state index is 14.4. The molecule has 2 amide bonds. The minimum Gasteiger partial charge on any atom is -0.489 e. The van der Waals surface area contributed by atoms with Crippen LogP contribution in [0.1, 0.15) is 36.4 Å².